The molecule has 1 aliphatic carbocycles. The number of aliphatic hydroxyl groups is 1. The predicted octanol–water partition coefficient (Wildman–Crippen LogP) is 8.81. The third kappa shape index (κ3) is 9.20. The van der Waals surface area contributed by atoms with E-state index in [1.165, 1.54) is 4.90 Å². The molecule has 6 rings (SSSR count). The molecule has 1 N–H and O–H groups in total. The molecule has 2 aliphatic heterocycles. The van der Waals surface area contributed by atoms with E-state index in [4.69, 9.17) is 14.2 Å². The number of alkyl halides is 6. The van der Waals surface area contributed by atoms with Crippen LogP contribution in [0.1, 0.15) is 111 Å². The number of rotatable bonds is 14. The molecular formula is C42H49F6N3O7S. The molecule has 1 aromatic carbocycles. The second kappa shape index (κ2) is 17.7. The van der Waals surface area contributed by atoms with Gasteiger partial charge in [-0.15, -0.1) is 11.3 Å². The summed E-state index contributed by atoms with van der Waals surface area (Å²) in [5, 5.41) is 13.2. The molecule has 4 heterocycles. The first-order valence-corrected chi connectivity index (χ1v) is 21.0. The van der Waals surface area contributed by atoms with E-state index in [-0.39, 0.29) is 70.1 Å². The standard InChI is InChI=1S/C42H49F6N3O7S/c1-3-11-32-40(58-28-26-33(59-27-28)42(46,47)48,18-9-22-51(32)35(52)34-30(41(43,44)45)13-7-21-49-34)36(53)50-23-19-39(55,20-24-50)29-12-5-6-14-31(29)57-25-10-17-38(15-8-16-38)37(54)56-4-2/h5-7,12-14,21,26-27,32,55H,3-4,8-11,15-20,22-25H2,1-2H3/t32-,40+/m1/s1. The maximum atomic E-state index is 15.0. The molecular weight excluding hydrogens is 805 g/mol. The van der Waals surface area contributed by atoms with Crippen LogP contribution in [0.15, 0.2) is 54.0 Å². The Morgan fingerprint density at radius 1 is 0.932 bits per heavy atom. The Hall–Kier alpha value is -4.38. The van der Waals surface area contributed by atoms with Crippen molar-refractivity contribution in [2.45, 2.75) is 114 Å². The minimum absolute atomic E-state index is 0.0144. The number of carbonyl (C=O) groups excluding carboxylic acids is 3. The SMILES string of the molecule is CCC[C@H]1N(C(=O)c2ncccc2C(F)(F)F)CCC[C@@]1(Oc1csc(C(F)(F)F)c1)C(=O)N1CCC(O)(c2ccccc2OCCCC2(C(=O)OCC)CCC2)CC1. The lowest BCUT2D eigenvalue weighted by Gasteiger charge is -2.51. The highest BCUT2D eigenvalue weighted by molar-refractivity contribution is 7.10. The molecule has 322 valence electrons. The Morgan fingerprint density at radius 2 is 1.66 bits per heavy atom. The van der Waals surface area contributed by atoms with Crippen LogP contribution in [0.25, 0.3) is 0 Å². The summed E-state index contributed by atoms with van der Waals surface area (Å²) in [4.78, 5) is 47.1. The molecule has 0 spiro atoms. The van der Waals surface area contributed by atoms with E-state index in [9.17, 15) is 45.8 Å². The van der Waals surface area contributed by atoms with Crippen molar-refractivity contribution in [3.63, 3.8) is 0 Å². The Kier molecular flexibility index (Phi) is 13.2. The van der Waals surface area contributed by atoms with Gasteiger partial charge in [-0.1, -0.05) is 38.0 Å². The summed E-state index contributed by atoms with van der Waals surface area (Å²) in [7, 11) is 0. The van der Waals surface area contributed by atoms with E-state index in [1.807, 2.05) is 0 Å². The van der Waals surface area contributed by atoms with E-state index in [1.54, 1.807) is 38.1 Å². The highest BCUT2D eigenvalue weighted by Gasteiger charge is 2.57. The molecule has 0 bridgehead atoms. The van der Waals surface area contributed by atoms with Crippen molar-refractivity contribution in [3.8, 4) is 11.5 Å². The Balaban J connectivity index is 1.25. The van der Waals surface area contributed by atoms with Crippen LogP contribution in [0.4, 0.5) is 26.3 Å². The van der Waals surface area contributed by atoms with E-state index in [2.05, 4.69) is 4.98 Å². The molecule has 0 unspecified atom stereocenters. The number of para-hydroxylation sites is 1. The van der Waals surface area contributed by atoms with Crippen molar-refractivity contribution in [1.82, 2.24) is 14.8 Å². The molecule has 17 heteroatoms. The molecule has 10 nitrogen and oxygen atoms in total. The largest absolute Gasteiger partial charge is 0.493 e. The minimum atomic E-state index is -4.92. The molecule has 2 saturated heterocycles. The van der Waals surface area contributed by atoms with Crippen molar-refractivity contribution in [1.29, 1.82) is 0 Å². The summed E-state index contributed by atoms with van der Waals surface area (Å²) in [6.45, 7) is 4.06. The third-order valence-corrected chi connectivity index (χ3v) is 12.8. The van der Waals surface area contributed by atoms with E-state index >= 15 is 0 Å². The van der Waals surface area contributed by atoms with Crippen molar-refractivity contribution in [2.75, 3.05) is 32.8 Å². The van der Waals surface area contributed by atoms with Crippen molar-refractivity contribution in [3.05, 3.63) is 75.7 Å². The van der Waals surface area contributed by atoms with Crippen molar-refractivity contribution < 1.29 is 60.0 Å². The highest BCUT2D eigenvalue weighted by atomic mass is 32.1. The predicted molar refractivity (Wildman–Crippen MR) is 205 cm³/mol. The maximum Gasteiger partial charge on any atom is 0.425 e. The number of benzene rings is 1. The topological polar surface area (TPSA) is 119 Å². The van der Waals surface area contributed by atoms with Gasteiger partial charge in [0.25, 0.3) is 11.8 Å². The molecule has 59 heavy (non-hydrogen) atoms. The first-order chi connectivity index (χ1) is 28.0. The van der Waals surface area contributed by atoms with E-state index < -0.39 is 63.0 Å². The summed E-state index contributed by atoms with van der Waals surface area (Å²) >= 11 is 0.372. The molecule has 1 saturated carbocycles. The van der Waals surface area contributed by atoms with Crippen LogP contribution in [-0.2, 0) is 32.3 Å². The number of halogens is 6. The van der Waals surface area contributed by atoms with Gasteiger partial charge in [-0.25, -0.2) is 0 Å². The number of likely N-dealkylation sites (tertiary alicyclic amines) is 2. The molecule has 2 amide bonds. The van der Waals surface area contributed by atoms with Gasteiger partial charge in [0, 0.05) is 49.3 Å². The normalized spacial score (nSPS) is 21.7. The summed E-state index contributed by atoms with van der Waals surface area (Å²) in [5.74, 6) is -1.73. The van der Waals surface area contributed by atoms with Crippen LogP contribution in [0.3, 0.4) is 0 Å². The number of hydrogen-bond donors (Lipinski definition) is 1. The average Bonchev–Trinajstić information content (AvgIpc) is 3.67. The van der Waals surface area contributed by atoms with Gasteiger partial charge in [-0.2, -0.15) is 26.3 Å². The zero-order chi connectivity index (χ0) is 42.6. The lowest BCUT2D eigenvalue weighted by atomic mass is 9.66. The van der Waals surface area contributed by atoms with Gasteiger partial charge in [0.05, 0.1) is 35.8 Å². The first-order valence-electron chi connectivity index (χ1n) is 20.1. The van der Waals surface area contributed by atoms with Crippen LogP contribution in [0.5, 0.6) is 11.5 Å². The molecule has 2 aromatic heterocycles. The number of amides is 2. The van der Waals surface area contributed by atoms with Gasteiger partial charge in [-0.05, 0) is 76.5 Å². The van der Waals surface area contributed by atoms with Gasteiger partial charge < -0.3 is 29.1 Å². The average molecular weight is 854 g/mol. The summed E-state index contributed by atoms with van der Waals surface area (Å²) in [6, 6.07) is 8.41. The number of nitrogens with zero attached hydrogens (tertiary/aromatic N) is 3. The fourth-order valence-corrected chi connectivity index (χ4v) is 9.38. The summed E-state index contributed by atoms with van der Waals surface area (Å²) in [5.41, 5.74) is -5.53. The van der Waals surface area contributed by atoms with Crippen LogP contribution in [-0.4, -0.2) is 82.2 Å². The Bertz CT molecular complexity index is 1960. The van der Waals surface area contributed by atoms with Crippen LogP contribution < -0.4 is 9.47 Å². The van der Waals surface area contributed by atoms with Crippen LogP contribution in [0.2, 0.25) is 0 Å². The summed E-state index contributed by atoms with van der Waals surface area (Å²) < 4.78 is 101. The van der Waals surface area contributed by atoms with E-state index in [0.717, 1.165) is 53.9 Å². The number of carbonyl (C=O) groups is 3. The van der Waals surface area contributed by atoms with Gasteiger partial charge >= 0.3 is 18.3 Å². The van der Waals surface area contributed by atoms with Gasteiger partial charge in [0.1, 0.15) is 22.1 Å². The minimum Gasteiger partial charge on any atom is -0.493 e. The number of piperidine rings is 2. The van der Waals surface area contributed by atoms with Crippen LogP contribution in [0, 0.1) is 5.41 Å². The number of thiophene rings is 1. The van der Waals surface area contributed by atoms with Crippen molar-refractivity contribution in [2.24, 2.45) is 5.41 Å². The van der Waals surface area contributed by atoms with Crippen molar-refractivity contribution >= 4 is 29.1 Å². The Morgan fingerprint density at radius 3 is 2.29 bits per heavy atom. The smallest absolute Gasteiger partial charge is 0.425 e. The quantitative estimate of drug-likeness (QED) is 0.0972. The van der Waals surface area contributed by atoms with Gasteiger partial charge in [0.15, 0.2) is 0 Å². The monoisotopic (exact) mass is 853 g/mol. The third-order valence-electron chi connectivity index (χ3n) is 11.9. The highest BCUT2D eigenvalue weighted by Crippen LogP contribution is 2.47. The second-order valence-electron chi connectivity index (χ2n) is 15.6. The molecule has 2 atom stereocenters. The number of ether oxygens (including phenoxy) is 3. The molecule has 3 aromatic rings. The zero-order valence-corrected chi connectivity index (χ0v) is 33.8. The van der Waals surface area contributed by atoms with Gasteiger partial charge in [-0.3, -0.25) is 19.4 Å². The number of pyridine rings is 1. The molecule has 3 aliphatic rings. The lowest BCUT2D eigenvalue weighted by Crippen LogP contribution is -2.68. The lowest BCUT2D eigenvalue weighted by molar-refractivity contribution is -0.163. The molecule has 3 fully saturated rings. The first kappa shape index (κ1) is 44.2. The zero-order valence-electron chi connectivity index (χ0n) is 33.0. The fourth-order valence-electron chi connectivity index (χ4n) is 8.71. The second-order valence-corrected chi connectivity index (χ2v) is 16.5. The number of hydrogen-bond acceptors (Lipinski definition) is 9. The molecule has 0 radical (unpaired) electrons. The van der Waals surface area contributed by atoms with Crippen LogP contribution >= 0.6 is 11.3 Å². The Labute approximate surface area is 342 Å². The number of aromatic nitrogens is 1. The number of esters is 1. The summed E-state index contributed by atoms with van der Waals surface area (Å²) in [6.07, 6.45) is -4.32. The fraction of sp³-hybridized carbons (Fsp3) is 0.571. The maximum absolute atomic E-state index is 15.0. The van der Waals surface area contributed by atoms with E-state index in [0.29, 0.717) is 48.5 Å². The van der Waals surface area contributed by atoms with Gasteiger partial charge in [0.2, 0.25) is 5.60 Å².